The van der Waals surface area contributed by atoms with Crippen LogP contribution in [0, 0.1) is 5.41 Å². The van der Waals surface area contributed by atoms with Crippen LogP contribution in [0.1, 0.15) is 26.2 Å². The van der Waals surface area contributed by atoms with Gasteiger partial charge in [-0.05, 0) is 19.8 Å². The minimum atomic E-state index is -0.889. The quantitative estimate of drug-likeness (QED) is 0.515. The number of aliphatic carboxylic acids is 1. The summed E-state index contributed by atoms with van der Waals surface area (Å²) < 4.78 is 0. The lowest BCUT2D eigenvalue weighted by Crippen LogP contribution is -2.52. The first-order valence-corrected chi connectivity index (χ1v) is 5.44. The Balaban J connectivity index is 2.42. The van der Waals surface area contributed by atoms with Crippen LogP contribution in [0.25, 0.3) is 0 Å². The molecule has 0 radical (unpaired) electrons. The summed E-state index contributed by atoms with van der Waals surface area (Å²) in [6.07, 6.45) is 2.00. The largest absolute Gasteiger partial charge is 0.481 e. The van der Waals surface area contributed by atoms with Crippen molar-refractivity contribution < 1.29 is 19.5 Å². The van der Waals surface area contributed by atoms with Gasteiger partial charge in [-0.2, -0.15) is 0 Å². The standard InChI is InChI=1S/C10H17N3O4/c1-6(13-9(11)17)7(14)12-5-10(8(15)16)3-2-4-10/h6H,2-5H2,1H3,(H,12,14)(H,15,16)(H3,11,13,17). The molecule has 96 valence electrons. The summed E-state index contributed by atoms with van der Waals surface area (Å²) in [6.45, 7) is 1.57. The maximum Gasteiger partial charge on any atom is 0.312 e. The lowest BCUT2D eigenvalue weighted by molar-refractivity contribution is -0.154. The second-order valence-corrected chi connectivity index (χ2v) is 4.39. The predicted molar refractivity (Wildman–Crippen MR) is 59.1 cm³/mol. The van der Waals surface area contributed by atoms with Crippen molar-refractivity contribution >= 4 is 17.9 Å². The van der Waals surface area contributed by atoms with Crippen molar-refractivity contribution in [3.63, 3.8) is 0 Å². The fraction of sp³-hybridized carbons (Fsp3) is 0.700. The van der Waals surface area contributed by atoms with Crippen LogP contribution in [0.5, 0.6) is 0 Å². The van der Waals surface area contributed by atoms with Crippen LogP contribution in [-0.4, -0.2) is 35.6 Å². The van der Waals surface area contributed by atoms with Gasteiger partial charge >= 0.3 is 12.0 Å². The first kappa shape index (κ1) is 13.3. The van der Waals surface area contributed by atoms with Gasteiger partial charge in [0, 0.05) is 6.54 Å². The third kappa shape index (κ3) is 3.08. The smallest absolute Gasteiger partial charge is 0.312 e. The Hall–Kier alpha value is -1.79. The molecule has 17 heavy (non-hydrogen) atoms. The van der Waals surface area contributed by atoms with E-state index >= 15 is 0 Å². The van der Waals surface area contributed by atoms with Crippen LogP contribution in [0.15, 0.2) is 0 Å². The van der Waals surface area contributed by atoms with E-state index in [1.807, 2.05) is 0 Å². The number of nitrogens with two attached hydrogens (primary N) is 1. The van der Waals surface area contributed by atoms with E-state index in [4.69, 9.17) is 10.8 Å². The first-order chi connectivity index (χ1) is 7.87. The van der Waals surface area contributed by atoms with Gasteiger partial charge in [0.2, 0.25) is 5.91 Å². The average molecular weight is 243 g/mol. The summed E-state index contributed by atoms with van der Waals surface area (Å²) in [5, 5.41) is 13.8. The van der Waals surface area contributed by atoms with Crippen molar-refractivity contribution in [3.8, 4) is 0 Å². The lowest BCUT2D eigenvalue weighted by Gasteiger charge is -2.37. The molecular formula is C10H17N3O4. The van der Waals surface area contributed by atoms with Gasteiger partial charge in [0.15, 0.2) is 0 Å². The highest BCUT2D eigenvalue weighted by atomic mass is 16.4. The minimum Gasteiger partial charge on any atom is -0.481 e. The number of carbonyl (C=O) groups is 3. The van der Waals surface area contributed by atoms with E-state index in [-0.39, 0.29) is 6.54 Å². The number of carboxylic acid groups (broad SMARTS) is 1. The Labute approximate surface area is 98.7 Å². The van der Waals surface area contributed by atoms with Crippen molar-refractivity contribution in [3.05, 3.63) is 0 Å². The third-order valence-corrected chi connectivity index (χ3v) is 3.12. The van der Waals surface area contributed by atoms with Gasteiger partial charge in [-0.3, -0.25) is 9.59 Å². The predicted octanol–water partition coefficient (Wildman–Crippen LogP) is -0.586. The van der Waals surface area contributed by atoms with Crippen LogP contribution in [0.3, 0.4) is 0 Å². The summed E-state index contributed by atoms with van der Waals surface area (Å²) >= 11 is 0. The zero-order valence-corrected chi connectivity index (χ0v) is 9.66. The molecule has 5 N–H and O–H groups in total. The molecule has 0 heterocycles. The molecule has 7 heteroatoms. The van der Waals surface area contributed by atoms with Gasteiger partial charge in [0.1, 0.15) is 6.04 Å². The van der Waals surface area contributed by atoms with E-state index < -0.39 is 29.4 Å². The monoisotopic (exact) mass is 243 g/mol. The number of urea groups is 1. The van der Waals surface area contributed by atoms with Gasteiger partial charge in [0.25, 0.3) is 0 Å². The molecule has 3 amide bonds. The SMILES string of the molecule is CC(NC(N)=O)C(=O)NCC1(C(=O)O)CCC1. The molecule has 1 atom stereocenters. The highest BCUT2D eigenvalue weighted by molar-refractivity contribution is 5.86. The number of primary amides is 1. The second kappa shape index (κ2) is 5.03. The number of rotatable bonds is 5. The van der Waals surface area contributed by atoms with Gasteiger partial charge in [0.05, 0.1) is 5.41 Å². The molecule has 7 nitrogen and oxygen atoms in total. The van der Waals surface area contributed by atoms with E-state index in [1.54, 1.807) is 0 Å². The first-order valence-electron chi connectivity index (χ1n) is 5.44. The maximum atomic E-state index is 11.5. The summed E-state index contributed by atoms with van der Waals surface area (Å²) in [5.41, 5.74) is 4.04. The van der Waals surface area contributed by atoms with E-state index in [0.717, 1.165) is 6.42 Å². The van der Waals surface area contributed by atoms with Crippen molar-refractivity contribution in [2.45, 2.75) is 32.2 Å². The van der Waals surface area contributed by atoms with Gasteiger partial charge in [-0.15, -0.1) is 0 Å². The molecule has 0 saturated heterocycles. The minimum absolute atomic E-state index is 0.0892. The van der Waals surface area contributed by atoms with Gasteiger partial charge in [-0.25, -0.2) is 4.79 Å². The Morgan fingerprint density at radius 1 is 1.41 bits per heavy atom. The molecule has 1 aliphatic rings. The molecule has 0 aromatic carbocycles. The maximum absolute atomic E-state index is 11.5. The molecule has 1 aliphatic carbocycles. The van der Waals surface area contributed by atoms with Crippen LogP contribution in [0.4, 0.5) is 4.79 Å². The molecule has 1 rings (SSSR count). The zero-order chi connectivity index (χ0) is 13.1. The number of hydrogen-bond donors (Lipinski definition) is 4. The Morgan fingerprint density at radius 2 is 2.00 bits per heavy atom. The molecule has 0 aromatic heterocycles. The van der Waals surface area contributed by atoms with E-state index in [0.29, 0.717) is 12.8 Å². The number of nitrogens with one attached hydrogen (secondary N) is 2. The summed E-state index contributed by atoms with van der Waals surface area (Å²) in [7, 11) is 0. The van der Waals surface area contributed by atoms with E-state index in [2.05, 4.69) is 10.6 Å². The average Bonchev–Trinajstić information content (AvgIpc) is 2.13. The second-order valence-electron chi connectivity index (χ2n) is 4.39. The van der Waals surface area contributed by atoms with Crippen LogP contribution >= 0.6 is 0 Å². The van der Waals surface area contributed by atoms with Gasteiger partial charge < -0.3 is 21.5 Å². The number of amides is 3. The zero-order valence-electron chi connectivity index (χ0n) is 9.66. The topological polar surface area (TPSA) is 122 Å². The van der Waals surface area contributed by atoms with Crippen LogP contribution in [-0.2, 0) is 9.59 Å². The number of carboxylic acids is 1. The fourth-order valence-corrected chi connectivity index (χ4v) is 1.76. The van der Waals surface area contributed by atoms with Crippen molar-refractivity contribution in [1.29, 1.82) is 0 Å². The molecule has 0 bridgehead atoms. The van der Waals surface area contributed by atoms with Crippen LogP contribution < -0.4 is 16.4 Å². The summed E-state index contributed by atoms with van der Waals surface area (Å²) in [4.78, 5) is 33.1. The van der Waals surface area contributed by atoms with Crippen molar-refractivity contribution in [2.24, 2.45) is 11.1 Å². The molecular weight excluding hydrogens is 226 g/mol. The molecule has 0 aromatic rings. The Bertz CT molecular complexity index is 338. The third-order valence-electron chi connectivity index (χ3n) is 3.12. The molecule has 1 saturated carbocycles. The molecule has 1 unspecified atom stereocenters. The Morgan fingerprint density at radius 3 is 2.35 bits per heavy atom. The fourth-order valence-electron chi connectivity index (χ4n) is 1.76. The normalized spacial score (nSPS) is 18.6. The molecule has 0 spiro atoms. The molecule has 1 fully saturated rings. The lowest BCUT2D eigenvalue weighted by atomic mass is 9.69. The highest BCUT2D eigenvalue weighted by Crippen LogP contribution is 2.40. The van der Waals surface area contributed by atoms with Gasteiger partial charge in [-0.1, -0.05) is 6.42 Å². The van der Waals surface area contributed by atoms with E-state index in [9.17, 15) is 14.4 Å². The van der Waals surface area contributed by atoms with E-state index in [1.165, 1.54) is 6.92 Å². The molecule has 0 aliphatic heterocycles. The summed E-state index contributed by atoms with van der Waals surface area (Å²) in [5.74, 6) is -1.32. The van der Waals surface area contributed by atoms with Crippen LogP contribution in [0.2, 0.25) is 0 Å². The Kier molecular flexibility index (Phi) is 3.93. The highest BCUT2D eigenvalue weighted by Gasteiger charge is 2.44. The van der Waals surface area contributed by atoms with Crippen molar-refractivity contribution in [2.75, 3.05) is 6.54 Å². The summed E-state index contributed by atoms with van der Waals surface area (Å²) in [6, 6.07) is -1.55. The number of hydrogen-bond acceptors (Lipinski definition) is 3. The van der Waals surface area contributed by atoms with Crippen molar-refractivity contribution in [1.82, 2.24) is 10.6 Å². The number of carbonyl (C=O) groups excluding carboxylic acids is 2.